The maximum atomic E-state index is 5.31. The maximum absolute atomic E-state index is 5.31. The van der Waals surface area contributed by atoms with Gasteiger partial charge in [0.05, 0.1) is 0 Å². The van der Waals surface area contributed by atoms with Gasteiger partial charge in [0.2, 0.25) is 6.73 Å². The van der Waals surface area contributed by atoms with E-state index in [0.717, 1.165) is 0 Å². The molecule has 0 unspecified atom stereocenters. The lowest BCUT2D eigenvalue weighted by atomic mass is 11.0. The first-order valence-electron chi connectivity index (χ1n) is 3.03. The topological polar surface area (TPSA) is 12.5 Å². The highest BCUT2D eigenvalue weighted by molar-refractivity contribution is 6.69. The van der Waals surface area contributed by atoms with Crippen molar-refractivity contribution in [2.45, 2.75) is 19.6 Å². The third kappa shape index (κ3) is 8.14. The minimum absolute atomic E-state index is 1.37. The highest BCUT2D eigenvalue weighted by Crippen LogP contribution is 2.04. The van der Waals surface area contributed by atoms with Gasteiger partial charge >= 0.3 is 0 Å². The molecule has 0 spiro atoms. The van der Waals surface area contributed by atoms with Gasteiger partial charge in [0, 0.05) is 0 Å². The van der Waals surface area contributed by atoms with Crippen molar-refractivity contribution < 1.29 is 4.43 Å². The van der Waals surface area contributed by atoms with Gasteiger partial charge < -0.3 is 4.43 Å². The lowest BCUT2D eigenvalue weighted by Crippen LogP contribution is -2.27. The summed E-state index contributed by atoms with van der Waals surface area (Å²) in [4.78, 5) is 1.79. The van der Waals surface area contributed by atoms with Crippen molar-refractivity contribution in [1.82, 2.24) is 4.90 Å². The standard InChI is InChI=1S/C6H15NOSi/c1-7(2)6-8-9(3,4)5/h1-5H3. The molecule has 0 aromatic heterocycles. The third-order valence-corrected chi connectivity index (χ3v) is 1.24. The third-order valence-electron chi connectivity index (χ3n) is 0.534. The normalized spacial score (nSPS) is 12.7. The Hall–Kier alpha value is 0.137. The Morgan fingerprint density at radius 1 is 1.22 bits per heavy atom. The van der Waals surface area contributed by atoms with Gasteiger partial charge in [-0.25, -0.2) is 0 Å². The molecule has 2 radical (unpaired) electrons. The molecule has 0 aliphatic rings. The van der Waals surface area contributed by atoms with E-state index in [1.165, 1.54) is 0 Å². The maximum Gasteiger partial charge on any atom is 0.205 e. The van der Waals surface area contributed by atoms with E-state index in [9.17, 15) is 0 Å². The molecule has 0 aliphatic heterocycles. The smallest absolute Gasteiger partial charge is 0.205 e. The fourth-order valence-electron chi connectivity index (χ4n) is 0.228. The molecular weight excluding hydrogens is 130 g/mol. The van der Waals surface area contributed by atoms with Gasteiger partial charge in [-0.15, -0.1) is 0 Å². The molecule has 0 bridgehead atoms. The Morgan fingerprint density at radius 3 is 1.78 bits per heavy atom. The molecule has 0 fully saturated rings. The monoisotopic (exact) mass is 145 g/mol. The lowest BCUT2D eigenvalue weighted by Gasteiger charge is -2.18. The van der Waals surface area contributed by atoms with Crippen LogP contribution in [0.2, 0.25) is 19.6 Å². The summed E-state index contributed by atoms with van der Waals surface area (Å²) in [7, 11) is 2.43. The molecule has 0 saturated carbocycles. The average Bonchev–Trinajstić information content (AvgIpc) is 1.59. The Kier molecular flexibility index (Phi) is 3.39. The quantitative estimate of drug-likeness (QED) is 0.439. The number of hydrogen-bond donors (Lipinski definition) is 0. The number of rotatable bonds is 3. The lowest BCUT2D eigenvalue weighted by molar-refractivity contribution is 0.261. The van der Waals surface area contributed by atoms with E-state index >= 15 is 0 Å². The van der Waals surface area contributed by atoms with Crippen molar-refractivity contribution in [3.63, 3.8) is 0 Å². The molecule has 0 aromatic carbocycles. The van der Waals surface area contributed by atoms with Gasteiger partial charge in [-0.1, -0.05) is 0 Å². The largest absolute Gasteiger partial charge is 0.393 e. The van der Waals surface area contributed by atoms with Crippen LogP contribution in [0.5, 0.6) is 0 Å². The minimum atomic E-state index is -1.37. The van der Waals surface area contributed by atoms with Crippen LogP contribution in [0.25, 0.3) is 0 Å². The van der Waals surface area contributed by atoms with E-state index in [2.05, 4.69) is 26.4 Å². The molecule has 54 valence electrons. The predicted molar refractivity (Wildman–Crippen MR) is 41.4 cm³/mol. The van der Waals surface area contributed by atoms with Gasteiger partial charge in [-0.3, -0.25) is 4.90 Å². The molecule has 0 aliphatic carbocycles. The average molecular weight is 145 g/mol. The van der Waals surface area contributed by atoms with Gasteiger partial charge in [-0.2, -0.15) is 0 Å². The molecular formula is C6H15NOSi. The van der Waals surface area contributed by atoms with Crippen LogP contribution in [0.1, 0.15) is 0 Å². The van der Waals surface area contributed by atoms with Gasteiger partial charge in [-0.05, 0) is 33.7 Å². The summed E-state index contributed by atoms with van der Waals surface area (Å²) in [6.45, 7) is 9.17. The van der Waals surface area contributed by atoms with Crippen molar-refractivity contribution in [2.24, 2.45) is 0 Å². The second kappa shape index (κ2) is 3.34. The van der Waals surface area contributed by atoms with E-state index in [1.807, 2.05) is 14.1 Å². The highest BCUT2D eigenvalue weighted by Gasteiger charge is 2.14. The zero-order chi connectivity index (χ0) is 7.49. The second-order valence-electron chi connectivity index (χ2n) is 3.20. The van der Waals surface area contributed by atoms with E-state index in [-0.39, 0.29) is 0 Å². The Balaban J connectivity index is 3.28. The molecule has 0 atom stereocenters. The molecule has 9 heavy (non-hydrogen) atoms. The van der Waals surface area contributed by atoms with Crippen molar-refractivity contribution in [3.05, 3.63) is 6.73 Å². The van der Waals surface area contributed by atoms with Crippen LogP contribution in [0.3, 0.4) is 0 Å². The van der Waals surface area contributed by atoms with Crippen LogP contribution in [-0.2, 0) is 4.43 Å². The summed E-state index contributed by atoms with van der Waals surface area (Å²) in [6, 6.07) is 0. The van der Waals surface area contributed by atoms with Crippen LogP contribution in [0.4, 0.5) is 0 Å². The zero-order valence-corrected chi connectivity index (χ0v) is 7.86. The molecule has 0 heterocycles. The van der Waals surface area contributed by atoms with E-state index in [4.69, 9.17) is 4.43 Å². The fourth-order valence-corrected chi connectivity index (χ4v) is 0.685. The summed E-state index contributed by atoms with van der Waals surface area (Å²) in [5.41, 5.74) is 0. The van der Waals surface area contributed by atoms with Crippen LogP contribution in [-0.4, -0.2) is 27.3 Å². The second-order valence-corrected chi connectivity index (χ2v) is 7.63. The van der Waals surface area contributed by atoms with E-state index in [0.29, 0.717) is 0 Å². The van der Waals surface area contributed by atoms with Crippen LogP contribution < -0.4 is 0 Å². The first-order chi connectivity index (χ1) is 3.92. The number of nitrogens with zero attached hydrogens (tertiary/aromatic N) is 1. The first kappa shape index (κ1) is 9.14. The van der Waals surface area contributed by atoms with Crippen LogP contribution in [0.15, 0.2) is 0 Å². The van der Waals surface area contributed by atoms with Crippen LogP contribution in [0, 0.1) is 6.73 Å². The summed E-state index contributed by atoms with van der Waals surface area (Å²) in [5, 5.41) is 0. The Bertz CT molecular complexity index is 77.6. The summed E-state index contributed by atoms with van der Waals surface area (Å²) < 4.78 is 5.31. The predicted octanol–water partition coefficient (Wildman–Crippen LogP) is 1.40. The summed E-state index contributed by atoms with van der Waals surface area (Å²) in [6.07, 6.45) is 0. The molecule has 0 saturated heterocycles. The fraction of sp³-hybridized carbons (Fsp3) is 0.833. The van der Waals surface area contributed by atoms with E-state index in [1.54, 1.807) is 4.90 Å². The van der Waals surface area contributed by atoms with E-state index < -0.39 is 8.32 Å². The van der Waals surface area contributed by atoms with Crippen molar-refractivity contribution in [1.29, 1.82) is 0 Å². The minimum Gasteiger partial charge on any atom is -0.393 e. The Labute approximate surface area is 58.9 Å². The zero-order valence-electron chi connectivity index (χ0n) is 6.86. The molecule has 0 rings (SSSR count). The van der Waals surface area contributed by atoms with Crippen molar-refractivity contribution >= 4 is 8.32 Å². The summed E-state index contributed by atoms with van der Waals surface area (Å²) in [5.74, 6) is 0. The summed E-state index contributed by atoms with van der Waals surface area (Å²) >= 11 is 0. The Morgan fingerprint density at radius 2 is 1.67 bits per heavy atom. The number of hydrogen-bond acceptors (Lipinski definition) is 2. The molecule has 0 aromatic rings. The molecule has 0 amide bonds. The molecule has 3 heteroatoms. The highest BCUT2D eigenvalue weighted by atomic mass is 28.4. The SMILES string of the molecule is CN(C)[C]O[Si](C)(C)C. The van der Waals surface area contributed by atoms with Gasteiger partial charge in [0.25, 0.3) is 0 Å². The van der Waals surface area contributed by atoms with Crippen molar-refractivity contribution in [2.75, 3.05) is 14.1 Å². The molecule has 0 N–H and O–H groups in total. The van der Waals surface area contributed by atoms with Crippen molar-refractivity contribution in [3.8, 4) is 0 Å². The molecule has 2 nitrogen and oxygen atoms in total. The van der Waals surface area contributed by atoms with Crippen LogP contribution >= 0.6 is 0 Å². The first-order valence-corrected chi connectivity index (χ1v) is 6.43. The van der Waals surface area contributed by atoms with Gasteiger partial charge in [0.1, 0.15) is 0 Å². The van der Waals surface area contributed by atoms with Gasteiger partial charge in [0.15, 0.2) is 8.32 Å².